The maximum Gasteiger partial charge on any atom is 0.228 e. The first kappa shape index (κ1) is 16.1. The van der Waals surface area contributed by atoms with E-state index in [9.17, 15) is 4.79 Å². The lowest BCUT2D eigenvalue weighted by Crippen LogP contribution is -2.33. The minimum atomic E-state index is 0.234. The van der Waals surface area contributed by atoms with Crippen molar-refractivity contribution in [3.63, 3.8) is 0 Å². The van der Waals surface area contributed by atoms with Crippen LogP contribution in [0.3, 0.4) is 0 Å². The smallest absolute Gasteiger partial charge is 0.228 e. The van der Waals surface area contributed by atoms with Crippen molar-refractivity contribution in [3.05, 3.63) is 46.2 Å². The summed E-state index contributed by atoms with van der Waals surface area (Å²) in [4.78, 5) is 23.1. The van der Waals surface area contributed by atoms with Gasteiger partial charge < -0.3 is 4.90 Å². The minimum absolute atomic E-state index is 0.234. The van der Waals surface area contributed by atoms with E-state index in [1.165, 1.54) is 18.4 Å². The van der Waals surface area contributed by atoms with Gasteiger partial charge >= 0.3 is 0 Å². The Morgan fingerprint density at radius 2 is 1.83 bits per heavy atom. The van der Waals surface area contributed by atoms with Crippen molar-refractivity contribution in [1.82, 2.24) is 14.9 Å². The average molecular weight is 329 g/mol. The summed E-state index contributed by atoms with van der Waals surface area (Å²) >= 11 is 1.66. The molecule has 2 aromatic heterocycles. The highest BCUT2D eigenvalue weighted by Crippen LogP contribution is 2.15. The average Bonchev–Trinajstić information content (AvgIpc) is 2.84. The molecule has 1 aliphatic rings. The molecule has 0 atom stereocenters. The number of hydrogen-bond donors (Lipinski definition) is 0. The van der Waals surface area contributed by atoms with Crippen LogP contribution in [0, 0.1) is 0 Å². The van der Waals surface area contributed by atoms with Crippen molar-refractivity contribution < 1.29 is 4.79 Å². The predicted octanol–water partition coefficient (Wildman–Crippen LogP) is 3.27. The Labute approximate surface area is 141 Å². The van der Waals surface area contributed by atoms with Crippen molar-refractivity contribution >= 4 is 17.2 Å². The van der Waals surface area contributed by atoms with E-state index in [0.29, 0.717) is 6.42 Å². The fraction of sp³-hybridized carbons (Fsp3) is 0.500. The first-order valence-corrected chi connectivity index (χ1v) is 9.29. The molecular weight excluding hydrogens is 306 g/mol. The normalized spacial score (nSPS) is 15.4. The Morgan fingerprint density at radius 1 is 1.09 bits per heavy atom. The Bertz CT molecular complexity index is 618. The summed E-state index contributed by atoms with van der Waals surface area (Å²) in [6.07, 6.45) is 10.8. The molecule has 4 nitrogen and oxygen atoms in total. The Kier molecular flexibility index (Phi) is 5.75. The molecule has 0 bridgehead atoms. The van der Waals surface area contributed by atoms with Gasteiger partial charge in [0.15, 0.2) is 0 Å². The van der Waals surface area contributed by atoms with E-state index >= 15 is 0 Å². The number of pyridine rings is 1. The molecule has 2 aromatic rings. The fourth-order valence-corrected chi connectivity index (χ4v) is 3.73. The van der Waals surface area contributed by atoms with Gasteiger partial charge in [0, 0.05) is 37.3 Å². The quantitative estimate of drug-likeness (QED) is 0.846. The van der Waals surface area contributed by atoms with E-state index in [4.69, 9.17) is 0 Å². The predicted molar refractivity (Wildman–Crippen MR) is 92.5 cm³/mol. The summed E-state index contributed by atoms with van der Waals surface area (Å²) in [6.45, 7) is 1.83. The molecule has 0 aliphatic carbocycles. The monoisotopic (exact) mass is 329 g/mol. The van der Waals surface area contributed by atoms with Crippen LogP contribution in [-0.2, 0) is 24.1 Å². The van der Waals surface area contributed by atoms with Gasteiger partial charge in [-0.3, -0.25) is 9.78 Å². The van der Waals surface area contributed by atoms with Gasteiger partial charge in [0.1, 0.15) is 0 Å². The molecule has 0 spiro atoms. The molecule has 0 unspecified atom stereocenters. The fourth-order valence-electron chi connectivity index (χ4n) is 2.93. The zero-order valence-corrected chi connectivity index (χ0v) is 14.2. The van der Waals surface area contributed by atoms with Crippen LogP contribution >= 0.6 is 11.3 Å². The summed E-state index contributed by atoms with van der Waals surface area (Å²) in [6, 6.07) is 4.08. The minimum Gasteiger partial charge on any atom is -0.342 e. The molecule has 1 saturated heterocycles. The van der Waals surface area contributed by atoms with Crippen molar-refractivity contribution in [3.8, 4) is 0 Å². The number of aryl methyl sites for hydroxylation is 2. The van der Waals surface area contributed by atoms with Gasteiger partial charge in [-0.25, -0.2) is 4.98 Å². The van der Waals surface area contributed by atoms with Crippen LogP contribution in [0.25, 0.3) is 0 Å². The van der Waals surface area contributed by atoms with E-state index < -0.39 is 0 Å². The number of rotatable bonds is 5. The van der Waals surface area contributed by atoms with Crippen molar-refractivity contribution in [2.75, 3.05) is 13.1 Å². The van der Waals surface area contributed by atoms with E-state index in [1.807, 2.05) is 34.8 Å². The summed E-state index contributed by atoms with van der Waals surface area (Å²) in [5.41, 5.74) is 2.20. The van der Waals surface area contributed by atoms with Crippen LogP contribution in [-0.4, -0.2) is 33.9 Å². The Balaban J connectivity index is 1.51. The van der Waals surface area contributed by atoms with Gasteiger partial charge in [0.2, 0.25) is 5.91 Å². The largest absolute Gasteiger partial charge is 0.342 e. The molecule has 0 radical (unpaired) electrons. The summed E-state index contributed by atoms with van der Waals surface area (Å²) in [7, 11) is 0. The lowest BCUT2D eigenvalue weighted by atomic mass is 10.1. The second-order valence-electron chi connectivity index (χ2n) is 6.06. The summed E-state index contributed by atoms with van der Waals surface area (Å²) < 4.78 is 0. The van der Waals surface area contributed by atoms with Gasteiger partial charge in [-0.15, -0.1) is 11.3 Å². The number of amides is 1. The van der Waals surface area contributed by atoms with Crippen molar-refractivity contribution in [2.24, 2.45) is 0 Å². The zero-order chi connectivity index (χ0) is 15.9. The molecule has 3 heterocycles. The Morgan fingerprint density at radius 3 is 2.57 bits per heavy atom. The molecule has 1 fully saturated rings. The van der Waals surface area contributed by atoms with Gasteiger partial charge in [-0.1, -0.05) is 12.8 Å². The SMILES string of the molecule is O=C(Cc1csc(CCc2ccncc2)n1)N1CCCCCC1. The van der Waals surface area contributed by atoms with E-state index in [0.717, 1.165) is 49.5 Å². The maximum absolute atomic E-state index is 12.4. The lowest BCUT2D eigenvalue weighted by Gasteiger charge is -2.19. The molecule has 1 aliphatic heterocycles. The highest BCUT2D eigenvalue weighted by atomic mass is 32.1. The molecule has 1 amide bonds. The number of nitrogens with zero attached hydrogens (tertiary/aromatic N) is 3. The van der Waals surface area contributed by atoms with Gasteiger partial charge in [-0.2, -0.15) is 0 Å². The number of thiazole rings is 1. The lowest BCUT2D eigenvalue weighted by molar-refractivity contribution is -0.130. The van der Waals surface area contributed by atoms with E-state index in [2.05, 4.69) is 9.97 Å². The topological polar surface area (TPSA) is 46.1 Å². The summed E-state index contributed by atoms with van der Waals surface area (Å²) in [5, 5.41) is 3.15. The Hall–Kier alpha value is -1.75. The number of carbonyl (C=O) groups excluding carboxylic acids is 1. The molecular formula is C18H23N3OS. The zero-order valence-electron chi connectivity index (χ0n) is 13.4. The number of aromatic nitrogens is 2. The molecule has 23 heavy (non-hydrogen) atoms. The molecule has 0 aromatic carbocycles. The second-order valence-corrected chi connectivity index (χ2v) is 7.00. The van der Waals surface area contributed by atoms with Crippen LogP contribution in [0.1, 0.15) is 41.9 Å². The van der Waals surface area contributed by atoms with E-state index in [-0.39, 0.29) is 5.91 Å². The van der Waals surface area contributed by atoms with Crippen LogP contribution in [0.2, 0.25) is 0 Å². The van der Waals surface area contributed by atoms with Crippen LogP contribution in [0.4, 0.5) is 0 Å². The number of hydrogen-bond acceptors (Lipinski definition) is 4. The van der Waals surface area contributed by atoms with E-state index in [1.54, 1.807) is 11.3 Å². The van der Waals surface area contributed by atoms with Crippen LogP contribution < -0.4 is 0 Å². The van der Waals surface area contributed by atoms with Gasteiger partial charge in [0.25, 0.3) is 0 Å². The van der Waals surface area contributed by atoms with Gasteiger partial charge in [0.05, 0.1) is 17.1 Å². The number of carbonyl (C=O) groups is 1. The molecule has 3 rings (SSSR count). The molecule has 0 saturated carbocycles. The first-order chi connectivity index (χ1) is 11.3. The summed E-state index contributed by atoms with van der Waals surface area (Å²) in [5.74, 6) is 0.234. The third kappa shape index (κ3) is 4.86. The van der Waals surface area contributed by atoms with Crippen molar-refractivity contribution in [1.29, 1.82) is 0 Å². The first-order valence-electron chi connectivity index (χ1n) is 8.41. The number of likely N-dealkylation sites (tertiary alicyclic amines) is 1. The molecule has 5 heteroatoms. The van der Waals surface area contributed by atoms with Crippen LogP contribution in [0.5, 0.6) is 0 Å². The highest BCUT2D eigenvalue weighted by molar-refractivity contribution is 7.09. The maximum atomic E-state index is 12.4. The molecule has 122 valence electrons. The van der Waals surface area contributed by atoms with Crippen LogP contribution in [0.15, 0.2) is 29.9 Å². The second kappa shape index (κ2) is 8.20. The standard InChI is InChI=1S/C18H23N3OS/c22-18(21-11-3-1-2-4-12-21)13-16-14-23-17(20-16)6-5-15-7-9-19-10-8-15/h7-10,14H,1-6,11-13H2. The third-order valence-corrected chi connectivity index (χ3v) is 5.22. The van der Waals surface area contributed by atoms with Crippen molar-refractivity contribution in [2.45, 2.75) is 44.9 Å². The molecule has 0 N–H and O–H groups in total. The third-order valence-electron chi connectivity index (χ3n) is 4.27. The highest BCUT2D eigenvalue weighted by Gasteiger charge is 2.17. The van der Waals surface area contributed by atoms with Gasteiger partial charge in [-0.05, 0) is 37.0 Å².